The van der Waals surface area contributed by atoms with Gasteiger partial charge in [-0.3, -0.25) is 0 Å². The van der Waals surface area contributed by atoms with Crippen molar-refractivity contribution >= 4 is 16.9 Å². The van der Waals surface area contributed by atoms with Gasteiger partial charge in [0.25, 0.3) is 0 Å². The van der Waals surface area contributed by atoms with E-state index in [9.17, 15) is 9.90 Å². The van der Waals surface area contributed by atoms with Crippen LogP contribution >= 0.6 is 0 Å². The van der Waals surface area contributed by atoms with Gasteiger partial charge in [-0.15, -0.1) is 0 Å². The molecule has 0 radical (unpaired) electrons. The number of nitrogens with zero attached hydrogens (tertiary/aromatic N) is 1. The van der Waals surface area contributed by atoms with Gasteiger partial charge in [-0.05, 0) is 54.2 Å². The zero-order valence-corrected chi connectivity index (χ0v) is 24.1. The Balaban J connectivity index is 1.20. The van der Waals surface area contributed by atoms with Gasteiger partial charge in [0, 0.05) is 29.6 Å². The first-order valence-electron chi connectivity index (χ1n) is 15.2. The molecule has 0 spiro atoms. The van der Waals surface area contributed by atoms with Crippen LogP contribution in [0.4, 0.5) is 0 Å². The third-order valence-corrected chi connectivity index (χ3v) is 8.51. The van der Waals surface area contributed by atoms with E-state index < -0.39 is 5.97 Å². The van der Waals surface area contributed by atoms with Gasteiger partial charge in [-0.1, -0.05) is 67.8 Å². The lowest BCUT2D eigenvalue weighted by atomic mass is 9.81. The zero-order valence-electron chi connectivity index (χ0n) is 24.1. The summed E-state index contributed by atoms with van der Waals surface area (Å²) in [6, 6.07) is 24.1. The van der Waals surface area contributed by atoms with Crippen LogP contribution in [0, 0.1) is 0 Å². The summed E-state index contributed by atoms with van der Waals surface area (Å²) in [4.78, 5) is 12.0. The molecule has 1 aliphatic heterocycles. The van der Waals surface area contributed by atoms with E-state index in [1.165, 1.54) is 30.5 Å². The minimum Gasteiger partial charge on any atom is -0.491 e. The second-order valence-corrected chi connectivity index (χ2v) is 11.4. The Morgan fingerprint density at radius 1 is 0.929 bits per heavy atom. The lowest BCUT2D eigenvalue weighted by Crippen LogP contribution is -2.41. The van der Waals surface area contributed by atoms with Crippen LogP contribution in [-0.2, 0) is 22.6 Å². The molecule has 1 saturated carbocycles. The largest absolute Gasteiger partial charge is 0.491 e. The fourth-order valence-electron chi connectivity index (χ4n) is 6.49. The van der Waals surface area contributed by atoms with Crippen LogP contribution < -0.4 is 10.1 Å². The summed E-state index contributed by atoms with van der Waals surface area (Å²) in [5, 5.41) is 14.6. The lowest BCUT2D eigenvalue weighted by Gasteiger charge is -2.28. The monoisotopic (exact) mass is 568 g/mol. The van der Waals surface area contributed by atoms with Gasteiger partial charge in [-0.2, -0.15) is 0 Å². The maximum atomic E-state index is 12.0. The quantitative estimate of drug-likeness (QED) is 0.198. The molecule has 3 aromatic carbocycles. The lowest BCUT2D eigenvalue weighted by molar-refractivity contribution is 0.0405. The SMILES string of the molecule is O=C(O)c1ccc2c(C3CCCCC3)c3n(c2c1)C[C@@H](NCCOCCOCc1ccccc1)COc1ccccc1-3. The van der Waals surface area contributed by atoms with E-state index in [1.54, 1.807) is 6.07 Å². The fraction of sp³-hybridized carbons (Fsp3) is 0.400. The van der Waals surface area contributed by atoms with Crippen molar-refractivity contribution in [3.05, 3.63) is 89.5 Å². The Labute approximate surface area is 247 Å². The van der Waals surface area contributed by atoms with Crippen molar-refractivity contribution in [2.75, 3.05) is 33.0 Å². The molecule has 1 atom stereocenters. The van der Waals surface area contributed by atoms with Gasteiger partial charge < -0.3 is 29.2 Å². The van der Waals surface area contributed by atoms with E-state index in [1.807, 2.05) is 42.5 Å². The topological polar surface area (TPSA) is 82.0 Å². The molecule has 2 heterocycles. The Kier molecular flexibility index (Phi) is 9.18. The summed E-state index contributed by atoms with van der Waals surface area (Å²) in [6.07, 6.45) is 6.04. The van der Waals surface area contributed by atoms with Crippen molar-refractivity contribution in [1.82, 2.24) is 9.88 Å². The van der Waals surface area contributed by atoms with Crippen LogP contribution in [0.1, 0.15) is 59.5 Å². The third-order valence-electron chi connectivity index (χ3n) is 8.51. The number of carboxylic acid groups (broad SMARTS) is 1. The molecule has 7 nitrogen and oxygen atoms in total. The summed E-state index contributed by atoms with van der Waals surface area (Å²) < 4.78 is 20.3. The number of benzene rings is 3. The van der Waals surface area contributed by atoms with Gasteiger partial charge in [0.05, 0.1) is 43.7 Å². The van der Waals surface area contributed by atoms with Crippen molar-refractivity contribution in [3.63, 3.8) is 0 Å². The summed E-state index contributed by atoms with van der Waals surface area (Å²) in [6.45, 7) is 4.11. The standard InChI is InChI=1S/C35H40N2O5/c38-35(39)27-15-16-29-31(21-27)37-22-28(36-17-18-40-19-20-41-23-25-9-3-1-4-10-25)24-42-32-14-8-7-13-30(32)34(37)33(29)26-11-5-2-6-12-26/h1,3-4,7-10,13-16,21,26,28,36H,2,5-6,11-12,17-20,22-24H2,(H,38,39)/t28-/m1/s1. The van der Waals surface area contributed by atoms with E-state index in [0.29, 0.717) is 57.6 Å². The Morgan fingerprint density at radius 2 is 1.71 bits per heavy atom. The smallest absolute Gasteiger partial charge is 0.335 e. The third kappa shape index (κ3) is 6.38. The predicted octanol–water partition coefficient (Wildman–Crippen LogP) is 6.64. The maximum absolute atomic E-state index is 12.0. The normalized spacial score (nSPS) is 17.2. The number of carbonyl (C=O) groups is 1. The van der Waals surface area contributed by atoms with Gasteiger partial charge >= 0.3 is 5.97 Å². The van der Waals surface area contributed by atoms with Crippen molar-refractivity contribution in [3.8, 4) is 17.0 Å². The molecule has 2 aliphatic rings. The zero-order chi connectivity index (χ0) is 28.7. The summed E-state index contributed by atoms with van der Waals surface area (Å²) in [5.41, 5.74) is 6.07. The van der Waals surface area contributed by atoms with Crippen LogP contribution in [0.3, 0.4) is 0 Å². The van der Waals surface area contributed by atoms with Gasteiger partial charge in [0.2, 0.25) is 0 Å². The number of carboxylic acids is 1. The average Bonchev–Trinajstić information content (AvgIpc) is 3.33. The van der Waals surface area contributed by atoms with Crippen molar-refractivity contribution in [2.45, 2.75) is 57.2 Å². The van der Waals surface area contributed by atoms with Crippen molar-refractivity contribution < 1.29 is 24.1 Å². The molecule has 220 valence electrons. The van der Waals surface area contributed by atoms with E-state index in [2.05, 4.69) is 34.1 Å². The summed E-state index contributed by atoms with van der Waals surface area (Å²) in [7, 11) is 0. The highest BCUT2D eigenvalue weighted by Gasteiger charge is 2.30. The Morgan fingerprint density at radius 3 is 2.55 bits per heavy atom. The molecule has 1 aromatic heterocycles. The molecule has 0 unspecified atom stereocenters. The molecule has 1 aliphatic carbocycles. The molecule has 0 saturated heterocycles. The number of nitrogens with one attached hydrogen (secondary N) is 1. The van der Waals surface area contributed by atoms with Crippen LogP contribution in [0.2, 0.25) is 0 Å². The number of aromatic carboxylic acids is 1. The van der Waals surface area contributed by atoms with Gasteiger partial charge in [-0.25, -0.2) is 4.79 Å². The van der Waals surface area contributed by atoms with E-state index in [0.717, 1.165) is 40.6 Å². The first-order chi connectivity index (χ1) is 20.7. The Bertz CT molecular complexity index is 1490. The Hall–Kier alpha value is -3.65. The maximum Gasteiger partial charge on any atom is 0.335 e. The molecule has 4 aromatic rings. The molecular weight excluding hydrogens is 528 g/mol. The number of rotatable bonds is 11. The number of aromatic nitrogens is 1. The highest BCUT2D eigenvalue weighted by molar-refractivity contribution is 5.98. The minimum absolute atomic E-state index is 0.0262. The molecule has 1 fully saturated rings. The van der Waals surface area contributed by atoms with Crippen LogP contribution in [0.5, 0.6) is 5.75 Å². The second kappa shape index (κ2) is 13.6. The highest BCUT2D eigenvalue weighted by atomic mass is 16.5. The first-order valence-corrected chi connectivity index (χ1v) is 15.2. The summed E-state index contributed by atoms with van der Waals surface area (Å²) in [5.74, 6) is 0.417. The van der Waals surface area contributed by atoms with Crippen LogP contribution in [0.15, 0.2) is 72.8 Å². The number of ether oxygens (including phenoxy) is 3. The number of hydrogen-bond donors (Lipinski definition) is 2. The molecule has 0 amide bonds. The van der Waals surface area contributed by atoms with Crippen molar-refractivity contribution in [1.29, 1.82) is 0 Å². The van der Waals surface area contributed by atoms with Crippen molar-refractivity contribution in [2.24, 2.45) is 0 Å². The molecular formula is C35H40N2O5. The molecule has 7 heteroatoms. The number of fused-ring (bicyclic) bond motifs is 5. The van der Waals surface area contributed by atoms with E-state index in [-0.39, 0.29) is 6.04 Å². The van der Waals surface area contributed by atoms with Gasteiger partial charge in [0.1, 0.15) is 12.4 Å². The molecule has 2 N–H and O–H groups in total. The summed E-state index contributed by atoms with van der Waals surface area (Å²) >= 11 is 0. The van der Waals surface area contributed by atoms with E-state index in [4.69, 9.17) is 14.2 Å². The predicted molar refractivity (Wildman–Crippen MR) is 164 cm³/mol. The average molecular weight is 569 g/mol. The van der Waals surface area contributed by atoms with Gasteiger partial charge in [0.15, 0.2) is 0 Å². The molecule has 6 rings (SSSR count). The van der Waals surface area contributed by atoms with Crippen LogP contribution in [-0.4, -0.2) is 54.7 Å². The number of hydrogen-bond acceptors (Lipinski definition) is 5. The molecule has 42 heavy (non-hydrogen) atoms. The highest BCUT2D eigenvalue weighted by Crippen LogP contribution is 2.46. The second-order valence-electron chi connectivity index (χ2n) is 11.4. The minimum atomic E-state index is -0.902. The molecule has 0 bridgehead atoms. The van der Waals surface area contributed by atoms with E-state index >= 15 is 0 Å². The fourth-order valence-corrected chi connectivity index (χ4v) is 6.49. The van der Waals surface area contributed by atoms with Crippen LogP contribution in [0.25, 0.3) is 22.2 Å². The number of para-hydroxylation sites is 1. The first kappa shape index (κ1) is 28.5.